The minimum absolute atomic E-state index is 0.504. The molecule has 0 atom stereocenters. The monoisotopic (exact) mass is 192 g/mol. The second-order valence-corrected chi connectivity index (χ2v) is 2.61. The summed E-state index contributed by atoms with van der Waals surface area (Å²) in [7, 11) is 1.58. The van der Waals surface area contributed by atoms with Gasteiger partial charge in [-0.25, -0.2) is 4.79 Å². The third-order valence-corrected chi connectivity index (χ3v) is 1.81. The summed E-state index contributed by atoms with van der Waals surface area (Å²) in [6.07, 6.45) is 1.10. The fraction of sp³-hybridized carbons (Fsp3) is 0.111. The van der Waals surface area contributed by atoms with Crippen LogP contribution in [0.15, 0.2) is 39.9 Å². The standard InChI is InChI=1S/C9H8N2O3/c1-13-8-4-2-7(3-5-8)11-9(12)14-6-10-11/h2-6H,1H3. The van der Waals surface area contributed by atoms with Crippen molar-refractivity contribution in [1.82, 2.24) is 9.78 Å². The summed E-state index contributed by atoms with van der Waals surface area (Å²) in [6.45, 7) is 0. The van der Waals surface area contributed by atoms with Gasteiger partial charge in [-0.3, -0.25) is 0 Å². The first-order valence-corrected chi connectivity index (χ1v) is 3.98. The molecule has 0 aliphatic rings. The second-order valence-electron chi connectivity index (χ2n) is 2.61. The maximum Gasteiger partial charge on any atom is 0.441 e. The molecule has 0 saturated heterocycles. The summed E-state index contributed by atoms with van der Waals surface area (Å²) >= 11 is 0. The van der Waals surface area contributed by atoms with Crippen molar-refractivity contribution in [3.8, 4) is 11.4 Å². The van der Waals surface area contributed by atoms with E-state index in [1.165, 1.54) is 4.68 Å². The zero-order chi connectivity index (χ0) is 9.97. The van der Waals surface area contributed by atoms with Gasteiger partial charge in [0, 0.05) is 0 Å². The molecular weight excluding hydrogens is 184 g/mol. The van der Waals surface area contributed by atoms with Gasteiger partial charge in [0.25, 0.3) is 0 Å². The van der Waals surface area contributed by atoms with Gasteiger partial charge in [-0.1, -0.05) is 0 Å². The van der Waals surface area contributed by atoms with Crippen LogP contribution in [0.4, 0.5) is 0 Å². The average molecular weight is 192 g/mol. The van der Waals surface area contributed by atoms with E-state index in [2.05, 4.69) is 9.52 Å². The molecule has 14 heavy (non-hydrogen) atoms. The molecule has 72 valence electrons. The van der Waals surface area contributed by atoms with Crippen molar-refractivity contribution >= 4 is 0 Å². The van der Waals surface area contributed by atoms with Gasteiger partial charge in [-0.2, -0.15) is 4.68 Å². The Balaban J connectivity index is 2.44. The molecule has 1 aromatic carbocycles. The van der Waals surface area contributed by atoms with Crippen LogP contribution < -0.4 is 10.5 Å². The third-order valence-electron chi connectivity index (χ3n) is 1.81. The molecule has 5 heteroatoms. The van der Waals surface area contributed by atoms with Gasteiger partial charge in [-0.15, -0.1) is 5.10 Å². The molecule has 2 rings (SSSR count). The number of aromatic nitrogens is 2. The SMILES string of the molecule is COc1ccc(-n2ncoc2=O)cc1. The highest BCUT2D eigenvalue weighted by molar-refractivity contribution is 5.35. The molecular formula is C9H8N2O3. The second kappa shape index (κ2) is 3.37. The highest BCUT2D eigenvalue weighted by atomic mass is 16.5. The zero-order valence-corrected chi connectivity index (χ0v) is 7.51. The number of hydrogen-bond donors (Lipinski definition) is 0. The van der Waals surface area contributed by atoms with Crippen LogP contribution in [-0.2, 0) is 0 Å². The molecule has 2 aromatic rings. The number of hydrogen-bond acceptors (Lipinski definition) is 4. The highest BCUT2D eigenvalue weighted by Gasteiger charge is 2.02. The molecule has 0 fully saturated rings. The Morgan fingerprint density at radius 3 is 2.57 bits per heavy atom. The first-order valence-electron chi connectivity index (χ1n) is 3.98. The van der Waals surface area contributed by atoms with Crippen LogP contribution in [0.1, 0.15) is 0 Å². The van der Waals surface area contributed by atoms with Crippen LogP contribution in [0.5, 0.6) is 5.75 Å². The fourth-order valence-electron chi connectivity index (χ4n) is 1.11. The number of benzene rings is 1. The molecule has 0 N–H and O–H groups in total. The van der Waals surface area contributed by atoms with Crippen molar-refractivity contribution in [3.63, 3.8) is 0 Å². The van der Waals surface area contributed by atoms with E-state index in [9.17, 15) is 4.79 Å². The lowest BCUT2D eigenvalue weighted by atomic mass is 10.3. The molecule has 0 saturated carbocycles. The van der Waals surface area contributed by atoms with E-state index < -0.39 is 5.76 Å². The van der Waals surface area contributed by atoms with E-state index in [4.69, 9.17) is 4.74 Å². The third kappa shape index (κ3) is 1.39. The molecule has 1 heterocycles. The molecule has 0 radical (unpaired) electrons. The molecule has 0 spiro atoms. The Labute approximate surface area is 79.5 Å². The molecule has 5 nitrogen and oxygen atoms in total. The van der Waals surface area contributed by atoms with Gasteiger partial charge in [0.05, 0.1) is 12.8 Å². The van der Waals surface area contributed by atoms with Crippen LogP contribution in [-0.4, -0.2) is 16.9 Å². The number of methoxy groups -OCH3 is 1. The van der Waals surface area contributed by atoms with E-state index in [0.29, 0.717) is 5.69 Å². The minimum atomic E-state index is -0.504. The van der Waals surface area contributed by atoms with E-state index >= 15 is 0 Å². The Hall–Kier alpha value is -2.04. The lowest BCUT2D eigenvalue weighted by molar-refractivity contribution is 0.414. The quantitative estimate of drug-likeness (QED) is 0.707. The Bertz CT molecular complexity index is 469. The topological polar surface area (TPSA) is 57.3 Å². The predicted molar refractivity (Wildman–Crippen MR) is 48.7 cm³/mol. The predicted octanol–water partition coefficient (Wildman–Crippen LogP) is 0.834. The van der Waals surface area contributed by atoms with Gasteiger partial charge in [-0.05, 0) is 24.3 Å². The van der Waals surface area contributed by atoms with Gasteiger partial charge in [0.2, 0.25) is 6.39 Å². The Kier molecular flexibility index (Phi) is 2.06. The molecule has 0 bridgehead atoms. The summed E-state index contributed by atoms with van der Waals surface area (Å²) in [4.78, 5) is 11.1. The minimum Gasteiger partial charge on any atom is -0.497 e. The number of ether oxygens (including phenoxy) is 1. The number of nitrogens with zero attached hydrogens (tertiary/aromatic N) is 2. The highest BCUT2D eigenvalue weighted by Crippen LogP contribution is 2.12. The summed E-state index contributed by atoms with van der Waals surface area (Å²) in [5.74, 6) is 0.223. The first kappa shape index (κ1) is 8.55. The summed E-state index contributed by atoms with van der Waals surface area (Å²) in [5, 5.41) is 3.74. The molecule has 0 amide bonds. The summed E-state index contributed by atoms with van der Waals surface area (Å²) < 4.78 is 10.7. The van der Waals surface area contributed by atoms with E-state index in [0.717, 1.165) is 12.1 Å². The molecule has 1 aromatic heterocycles. The van der Waals surface area contributed by atoms with E-state index in [-0.39, 0.29) is 0 Å². The van der Waals surface area contributed by atoms with Gasteiger partial charge in [0.1, 0.15) is 5.75 Å². The van der Waals surface area contributed by atoms with Crippen molar-refractivity contribution in [2.45, 2.75) is 0 Å². The van der Waals surface area contributed by atoms with Crippen molar-refractivity contribution in [1.29, 1.82) is 0 Å². The largest absolute Gasteiger partial charge is 0.497 e. The van der Waals surface area contributed by atoms with Crippen LogP contribution in [0.2, 0.25) is 0 Å². The molecule has 0 aliphatic heterocycles. The zero-order valence-electron chi connectivity index (χ0n) is 7.51. The average Bonchev–Trinajstić information content (AvgIpc) is 2.65. The number of rotatable bonds is 2. The fourth-order valence-corrected chi connectivity index (χ4v) is 1.11. The van der Waals surface area contributed by atoms with Crippen molar-refractivity contribution in [2.24, 2.45) is 0 Å². The summed E-state index contributed by atoms with van der Waals surface area (Å²) in [6, 6.07) is 6.94. The Morgan fingerprint density at radius 2 is 2.07 bits per heavy atom. The van der Waals surface area contributed by atoms with Crippen molar-refractivity contribution in [2.75, 3.05) is 7.11 Å². The van der Waals surface area contributed by atoms with Crippen molar-refractivity contribution < 1.29 is 9.15 Å². The van der Waals surface area contributed by atoms with E-state index in [1.54, 1.807) is 31.4 Å². The maximum atomic E-state index is 11.1. The first-order chi connectivity index (χ1) is 6.81. The van der Waals surface area contributed by atoms with Crippen LogP contribution in [0.3, 0.4) is 0 Å². The maximum absolute atomic E-state index is 11.1. The van der Waals surface area contributed by atoms with Crippen molar-refractivity contribution in [3.05, 3.63) is 41.2 Å². The Morgan fingerprint density at radius 1 is 1.36 bits per heavy atom. The van der Waals surface area contributed by atoms with Crippen LogP contribution in [0.25, 0.3) is 5.69 Å². The normalized spacial score (nSPS) is 10.1. The van der Waals surface area contributed by atoms with E-state index in [1.807, 2.05) is 0 Å². The molecule has 0 unspecified atom stereocenters. The lowest BCUT2D eigenvalue weighted by Crippen LogP contribution is -2.13. The van der Waals surface area contributed by atoms with Crippen LogP contribution >= 0.6 is 0 Å². The lowest BCUT2D eigenvalue weighted by Gasteiger charge is -2.00. The molecule has 0 aliphatic carbocycles. The van der Waals surface area contributed by atoms with Crippen LogP contribution in [0, 0.1) is 0 Å². The summed E-state index contributed by atoms with van der Waals surface area (Å²) in [5.41, 5.74) is 0.643. The smallest absolute Gasteiger partial charge is 0.441 e. The van der Waals surface area contributed by atoms with Gasteiger partial charge in [0.15, 0.2) is 0 Å². The van der Waals surface area contributed by atoms with Gasteiger partial charge >= 0.3 is 5.76 Å². The van der Waals surface area contributed by atoms with Gasteiger partial charge < -0.3 is 9.15 Å².